The Bertz CT molecular complexity index is 382. The van der Waals surface area contributed by atoms with Crippen molar-refractivity contribution < 1.29 is 9.11 Å². The zero-order valence-corrected chi connectivity index (χ0v) is 11.0. The quantitative estimate of drug-likeness (QED) is 0.420. The Kier molecular flexibility index (Phi) is 5.83. The second kappa shape index (κ2) is 7.17. The van der Waals surface area contributed by atoms with Crippen LogP contribution in [0, 0.1) is 10.1 Å². The molecule has 17 heavy (non-hydrogen) atoms. The van der Waals surface area contributed by atoms with Crippen molar-refractivity contribution in [2.45, 2.75) is 33.1 Å². The summed E-state index contributed by atoms with van der Waals surface area (Å²) < 4.78 is 5.45. The molecule has 0 aliphatic heterocycles. The van der Waals surface area contributed by atoms with E-state index in [4.69, 9.17) is 4.18 Å². The van der Waals surface area contributed by atoms with Gasteiger partial charge in [0.1, 0.15) is 0 Å². The summed E-state index contributed by atoms with van der Waals surface area (Å²) in [6, 6.07) is 5.10. The normalized spacial score (nSPS) is 10.2. The van der Waals surface area contributed by atoms with E-state index < -0.39 is 0 Å². The summed E-state index contributed by atoms with van der Waals surface area (Å²) in [5, 5.41) is 10.9. The van der Waals surface area contributed by atoms with Crippen LogP contribution >= 0.6 is 12.0 Å². The molecule has 1 aromatic rings. The average Bonchev–Trinajstić information content (AvgIpc) is 2.33. The summed E-state index contributed by atoms with van der Waals surface area (Å²) in [7, 11) is 0. The monoisotopic (exact) mass is 255 g/mol. The summed E-state index contributed by atoms with van der Waals surface area (Å²) in [5.41, 5.74) is 0.974. The van der Waals surface area contributed by atoms with Crippen LogP contribution in [-0.4, -0.2) is 10.7 Å². The third-order valence-corrected chi connectivity index (χ3v) is 2.85. The van der Waals surface area contributed by atoms with Crippen molar-refractivity contribution in [2.75, 3.05) is 5.75 Å². The van der Waals surface area contributed by atoms with Crippen molar-refractivity contribution in [2.24, 2.45) is 0 Å². The fourth-order valence-corrected chi connectivity index (χ4v) is 1.92. The summed E-state index contributed by atoms with van der Waals surface area (Å²) in [4.78, 5) is 10.5. The Morgan fingerprint density at radius 2 is 2.18 bits per heavy atom. The van der Waals surface area contributed by atoms with E-state index in [-0.39, 0.29) is 10.6 Å². The molecule has 94 valence electrons. The zero-order chi connectivity index (χ0) is 12.7. The Labute approximate surface area is 106 Å². The first kappa shape index (κ1) is 13.8. The molecule has 4 nitrogen and oxygen atoms in total. The number of nitro benzene ring substituents is 1. The van der Waals surface area contributed by atoms with Gasteiger partial charge in [0.15, 0.2) is 0 Å². The van der Waals surface area contributed by atoms with Crippen LogP contribution in [0.1, 0.15) is 32.3 Å². The molecule has 0 fully saturated rings. The summed E-state index contributed by atoms with van der Waals surface area (Å²) >= 11 is 1.24. The van der Waals surface area contributed by atoms with Crippen LogP contribution in [0.2, 0.25) is 0 Å². The topological polar surface area (TPSA) is 52.4 Å². The van der Waals surface area contributed by atoms with Gasteiger partial charge in [-0.25, -0.2) is 0 Å². The van der Waals surface area contributed by atoms with Crippen molar-refractivity contribution in [3.63, 3.8) is 0 Å². The van der Waals surface area contributed by atoms with Crippen molar-refractivity contribution in [1.82, 2.24) is 0 Å². The molecule has 0 saturated carbocycles. The molecule has 0 aliphatic rings. The van der Waals surface area contributed by atoms with Gasteiger partial charge >= 0.3 is 5.69 Å². The molecule has 1 aromatic carbocycles. The van der Waals surface area contributed by atoms with Crippen LogP contribution in [0.3, 0.4) is 0 Å². The number of hydrogen-bond acceptors (Lipinski definition) is 4. The lowest BCUT2D eigenvalue weighted by Gasteiger charge is -2.09. The maximum absolute atomic E-state index is 10.9. The highest BCUT2D eigenvalue weighted by molar-refractivity contribution is 7.94. The molecule has 0 radical (unpaired) electrons. The number of nitro groups is 1. The van der Waals surface area contributed by atoms with Crippen molar-refractivity contribution in [3.8, 4) is 5.75 Å². The molecule has 0 bridgehead atoms. The molecular formula is C12H17NO3S. The highest BCUT2D eigenvalue weighted by Gasteiger charge is 2.19. The molecule has 1 rings (SSSR count). The minimum atomic E-state index is -0.388. The molecule has 0 aliphatic carbocycles. The van der Waals surface area contributed by atoms with Crippen LogP contribution in [0.15, 0.2) is 18.2 Å². The first-order valence-electron chi connectivity index (χ1n) is 5.76. The molecule has 0 aromatic heterocycles. The lowest BCUT2D eigenvalue weighted by atomic mass is 10.1. The van der Waals surface area contributed by atoms with Crippen molar-refractivity contribution in [1.29, 1.82) is 0 Å². The summed E-state index contributed by atoms with van der Waals surface area (Å²) in [5.74, 6) is 1.18. The van der Waals surface area contributed by atoms with Gasteiger partial charge in [0.05, 0.1) is 17.0 Å². The number of unbranched alkanes of at least 4 members (excludes halogenated alkanes) is 1. The van der Waals surface area contributed by atoms with Gasteiger partial charge in [0.2, 0.25) is 5.75 Å². The molecule has 0 unspecified atom stereocenters. The number of rotatable bonds is 7. The zero-order valence-electron chi connectivity index (χ0n) is 10.1. The predicted molar refractivity (Wildman–Crippen MR) is 70.5 cm³/mol. The van der Waals surface area contributed by atoms with Crippen LogP contribution < -0.4 is 4.18 Å². The Morgan fingerprint density at radius 1 is 1.41 bits per heavy atom. The average molecular weight is 255 g/mol. The van der Waals surface area contributed by atoms with E-state index in [2.05, 4.69) is 6.92 Å². The van der Waals surface area contributed by atoms with Gasteiger partial charge in [-0.15, -0.1) is 0 Å². The minimum absolute atomic E-state index is 0.0551. The molecule has 0 amide bonds. The second-order valence-corrected chi connectivity index (χ2v) is 4.60. The van der Waals surface area contributed by atoms with E-state index in [0.29, 0.717) is 5.75 Å². The largest absolute Gasteiger partial charge is 0.418 e. The van der Waals surface area contributed by atoms with E-state index in [1.165, 1.54) is 18.1 Å². The SMILES string of the molecule is CCCCc1cccc([N+](=O)[O-])c1OSCC. The van der Waals surface area contributed by atoms with E-state index >= 15 is 0 Å². The molecular weight excluding hydrogens is 238 g/mol. The Balaban J connectivity index is 3.00. The maximum atomic E-state index is 10.9. The molecule has 0 atom stereocenters. The predicted octanol–water partition coefficient (Wildman–Crippen LogP) is 3.98. The molecule has 0 saturated heterocycles. The number of benzene rings is 1. The van der Waals surface area contributed by atoms with Crippen molar-refractivity contribution in [3.05, 3.63) is 33.9 Å². The van der Waals surface area contributed by atoms with E-state index in [9.17, 15) is 10.1 Å². The highest BCUT2D eigenvalue weighted by Crippen LogP contribution is 2.34. The lowest BCUT2D eigenvalue weighted by molar-refractivity contribution is -0.385. The fourth-order valence-electron chi connectivity index (χ4n) is 1.49. The molecule has 0 spiro atoms. The first-order chi connectivity index (χ1) is 8.20. The second-order valence-electron chi connectivity index (χ2n) is 3.62. The van der Waals surface area contributed by atoms with Gasteiger partial charge in [-0.2, -0.15) is 0 Å². The van der Waals surface area contributed by atoms with Gasteiger partial charge in [0.25, 0.3) is 0 Å². The minimum Gasteiger partial charge on any atom is -0.418 e. The van der Waals surface area contributed by atoms with E-state index in [0.717, 1.165) is 30.6 Å². The smallest absolute Gasteiger partial charge is 0.312 e. The fraction of sp³-hybridized carbons (Fsp3) is 0.500. The Morgan fingerprint density at radius 3 is 2.76 bits per heavy atom. The third-order valence-electron chi connectivity index (χ3n) is 2.33. The maximum Gasteiger partial charge on any atom is 0.312 e. The number of para-hydroxylation sites is 1. The standard InChI is InChI=1S/C12H17NO3S/c1-3-5-7-10-8-6-9-11(13(14)15)12(10)16-17-4-2/h6,8-9H,3-5,7H2,1-2H3. The van der Waals surface area contributed by atoms with Gasteiger partial charge < -0.3 is 4.18 Å². The first-order valence-corrected chi connectivity index (χ1v) is 6.67. The summed E-state index contributed by atoms with van der Waals surface area (Å²) in [6.07, 6.45) is 2.88. The van der Waals surface area contributed by atoms with Crippen LogP contribution in [0.25, 0.3) is 0 Å². The van der Waals surface area contributed by atoms with Gasteiger partial charge in [-0.1, -0.05) is 32.4 Å². The van der Waals surface area contributed by atoms with Crippen molar-refractivity contribution >= 4 is 17.7 Å². The Hall–Kier alpha value is -1.23. The molecule has 0 heterocycles. The molecule has 5 heteroatoms. The van der Waals surface area contributed by atoms with Crippen LogP contribution in [-0.2, 0) is 6.42 Å². The molecule has 0 N–H and O–H groups in total. The van der Waals surface area contributed by atoms with Gasteiger partial charge in [-0.3, -0.25) is 10.1 Å². The van der Waals surface area contributed by atoms with Crippen LogP contribution in [0.5, 0.6) is 5.75 Å². The number of aryl methyl sites for hydroxylation is 1. The van der Waals surface area contributed by atoms with Gasteiger partial charge in [0, 0.05) is 17.4 Å². The number of nitrogens with zero attached hydrogens (tertiary/aromatic N) is 1. The lowest BCUT2D eigenvalue weighted by Crippen LogP contribution is -1.97. The summed E-state index contributed by atoms with van der Waals surface area (Å²) in [6.45, 7) is 4.05. The van der Waals surface area contributed by atoms with E-state index in [1.807, 2.05) is 13.0 Å². The highest BCUT2D eigenvalue weighted by atomic mass is 32.2. The van der Waals surface area contributed by atoms with Gasteiger partial charge in [-0.05, 0) is 12.8 Å². The third kappa shape index (κ3) is 3.93. The number of hydrogen-bond donors (Lipinski definition) is 0. The van der Waals surface area contributed by atoms with Crippen LogP contribution in [0.4, 0.5) is 5.69 Å². The van der Waals surface area contributed by atoms with E-state index in [1.54, 1.807) is 6.07 Å².